The Morgan fingerprint density at radius 2 is 1.95 bits per heavy atom. The molecule has 0 saturated carbocycles. The van der Waals surface area contributed by atoms with Crippen LogP contribution in [0.3, 0.4) is 0 Å². The number of hydrogen-bond donors (Lipinski definition) is 0. The molecule has 3 heterocycles. The summed E-state index contributed by atoms with van der Waals surface area (Å²) < 4.78 is 5.72. The number of hydrogen-bond acceptors (Lipinski definition) is 6. The summed E-state index contributed by atoms with van der Waals surface area (Å²) in [7, 11) is 0. The van der Waals surface area contributed by atoms with Crippen molar-refractivity contribution in [1.29, 1.82) is 0 Å². The first-order chi connectivity index (χ1) is 10.3. The molecule has 0 spiro atoms. The quantitative estimate of drug-likeness (QED) is 0.685. The third kappa shape index (κ3) is 2.95. The monoisotopic (exact) mass is 298 g/mol. The highest BCUT2D eigenvalue weighted by molar-refractivity contribution is 7.99. The summed E-state index contributed by atoms with van der Waals surface area (Å²) in [6.45, 7) is 4.08. The number of aryl methyl sites for hydroxylation is 1. The van der Waals surface area contributed by atoms with Gasteiger partial charge in [0, 0.05) is 17.3 Å². The Kier molecular flexibility index (Phi) is 3.96. The second kappa shape index (κ2) is 6.05. The van der Waals surface area contributed by atoms with Crippen LogP contribution in [-0.4, -0.2) is 25.9 Å². The predicted octanol–water partition coefficient (Wildman–Crippen LogP) is 3.61. The highest BCUT2D eigenvalue weighted by Crippen LogP contribution is 2.29. The molecule has 3 aromatic heterocycles. The molecule has 0 bridgehead atoms. The van der Waals surface area contributed by atoms with E-state index in [9.17, 15) is 0 Å². The molecule has 0 aliphatic heterocycles. The van der Waals surface area contributed by atoms with Gasteiger partial charge in [-0.25, -0.2) is 4.98 Å². The average Bonchev–Trinajstić information content (AvgIpc) is 2.99. The normalized spacial score (nSPS) is 10.8. The van der Waals surface area contributed by atoms with E-state index in [1.165, 1.54) is 0 Å². The van der Waals surface area contributed by atoms with Gasteiger partial charge in [-0.15, -0.1) is 22.0 Å². The van der Waals surface area contributed by atoms with E-state index in [1.807, 2.05) is 31.2 Å². The molecule has 6 heteroatoms. The largest absolute Gasteiger partial charge is 0.413 e. The van der Waals surface area contributed by atoms with Gasteiger partial charge in [-0.3, -0.25) is 4.98 Å². The Labute approximate surface area is 126 Å². The van der Waals surface area contributed by atoms with Gasteiger partial charge in [-0.05, 0) is 36.4 Å². The number of pyridine rings is 2. The van der Waals surface area contributed by atoms with Gasteiger partial charge in [0.2, 0.25) is 0 Å². The van der Waals surface area contributed by atoms with Crippen molar-refractivity contribution in [3.05, 3.63) is 42.2 Å². The molecule has 0 unspecified atom stereocenters. The van der Waals surface area contributed by atoms with Gasteiger partial charge < -0.3 is 4.42 Å². The van der Waals surface area contributed by atoms with Crippen LogP contribution in [-0.2, 0) is 0 Å². The van der Waals surface area contributed by atoms with Crippen LogP contribution in [0, 0.1) is 6.92 Å². The van der Waals surface area contributed by atoms with Crippen molar-refractivity contribution >= 4 is 11.8 Å². The molecule has 0 aliphatic rings. The lowest BCUT2D eigenvalue weighted by Gasteiger charge is -2.02. The van der Waals surface area contributed by atoms with Crippen molar-refractivity contribution in [1.82, 2.24) is 20.2 Å². The smallest absolute Gasteiger partial charge is 0.267 e. The topological polar surface area (TPSA) is 64.7 Å². The molecule has 0 radical (unpaired) electrons. The standard InChI is InChI=1S/C15H14N4OS/c1-3-21-12-5-4-8-16-13(12)15-19-18-14(20-15)11-7-6-10(2)9-17-11/h4-9H,3H2,1-2H3. The first-order valence-corrected chi connectivity index (χ1v) is 7.61. The van der Waals surface area contributed by atoms with Crippen LogP contribution in [0.1, 0.15) is 12.5 Å². The molecule has 5 nitrogen and oxygen atoms in total. The summed E-state index contributed by atoms with van der Waals surface area (Å²) in [6.07, 6.45) is 3.50. The van der Waals surface area contributed by atoms with Gasteiger partial charge in [0.15, 0.2) is 0 Å². The van der Waals surface area contributed by atoms with E-state index < -0.39 is 0 Å². The van der Waals surface area contributed by atoms with Crippen molar-refractivity contribution in [2.75, 3.05) is 5.75 Å². The van der Waals surface area contributed by atoms with Crippen LogP contribution in [0.2, 0.25) is 0 Å². The van der Waals surface area contributed by atoms with Gasteiger partial charge >= 0.3 is 0 Å². The van der Waals surface area contributed by atoms with E-state index in [4.69, 9.17) is 4.42 Å². The molecular weight excluding hydrogens is 284 g/mol. The minimum absolute atomic E-state index is 0.406. The maximum Gasteiger partial charge on any atom is 0.267 e. The highest BCUT2D eigenvalue weighted by Gasteiger charge is 2.15. The lowest BCUT2D eigenvalue weighted by molar-refractivity contribution is 0.578. The second-order valence-corrected chi connectivity index (χ2v) is 5.72. The predicted molar refractivity (Wildman–Crippen MR) is 81.9 cm³/mol. The van der Waals surface area contributed by atoms with Crippen LogP contribution in [0.5, 0.6) is 0 Å². The van der Waals surface area contributed by atoms with Crippen molar-refractivity contribution in [3.63, 3.8) is 0 Å². The van der Waals surface area contributed by atoms with E-state index in [0.29, 0.717) is 17.5 Å². The number of thioether (sulfide) groups is 1. The molecule has 0 amide bonds. The molecule has 3 rings (SSSR count). The highest BCUT2D eigenvalue weighted by atomic mass is 32.2. The maximum atomic E-state index is 5.72. The Hall–Kier alpha value is -2.21. The SMILES string of the molecule is CCSc1cccnc1-c1nnc(-c2ccc(C)cn2)o1. The maximum absolute atomic E-state index is 5.72. The molecule has 0 fully saturated rings. The van der Waals surface area contributed by atoms with Crippen LogP contribution < -0.4 is 0 Å². The third-order valence-electron chi connectivity index (χ3n) is 2.83. The zero-order valence-corrected chi connectivity index (χ0v) is 12.6. The summed E-state index contributed by atoms with van der Waals surface area (Å²) >= 11 is 1.70. The minimum atomic E-state index is 0.406. The van der Waals surface area contributed by atoms with Crippen molar-refractivity contribution < 1.29 is 4.42 Å². The molecule has 0 aliphatic carbocycles. The molecule has 0 aromatic carbocycles. The van der Waals surface area contributed by atoms with Crippen LogP contribution in [0.15, 0.2) is 46.0 Å². The fourth-order valence-electron chi connectivity index (χ4n) is 1.84. The van der Waals surface area contributed by atoms with Crippen molar-refractivity contribution in [2.24, 2.45) is 0 Å². The summed E-state index contributed by atoms with van der Waals surface area (Å²) in [6, 6.07) is 7.74. The Balaban J connectivity index is 1.97. The van der Waals surface area contributed by atoms with Crippen LogP contribution in [0.25, 0.3) is 23.2 Å². The lowest BCUT2D eigenvalue weighted by Crippen LogP contribution is -1.87. The van der Waals surface area contributed by atoms with Gasteiger partial charge in [-0.1, -0.05) is 13.0 Å². The number of aromatic nitrogens is 4. The molecule has 0 N–H and O–H groups in total. The van der Waals surface area contributed by atoms with Gasteiger partial charge in [-0.2, -0.15) is 0 Å². The van der Waals surface area contributed by atoms with E-state index >= 15 is 0 Å². The second-order valence-electron chi connectivity index (χ2n) is 4.42. The fourth-order valence-corrected chi connectivity index (χ4v) is 2.60. The van der Waals surface area contributed by atoms with E-state index in [0.717, 1.165) is 21.9 Å². The molecule has 3 aromatic rings. The van der Waals surface area contributed by atoms with E-state index in [2.05, 4.69) is 27.1 Å². The number of nitrogens with zero attached hydrogens (tertiary/aromatic N) is 4. The van der Waals surface area contributed by atoms with Crippen LogP contribution in [0.4, 0.5) is 0 Å². The zero-order valence-electron chi connectivity index (χ0n) is 11.8. The fraction of sp³-hybridized carbons (Fsp3) is 0.200. The van der Waals surface area contributed by atoms with E-state index in [1.54, 1.807) is 24.2 Å². The summed E-state index contributed by atoms with van der Waals surface area (Å²) in [5.41, 5.74) is 2.47. The Morgan fingerprint density at radius 3 is 2.71 bits per heavy atom. The molecule has 0 saturated heterocycles. The summed E-state index contributed by atoms with van der Waals surface area (Å²) in [5.74, 6) is 1.78. The summed E-state index contributed by atoms with van der Waals surface area (Å²) in [4.78, 5) is 9.68. The summed E-state index contributed by atoms with van der Waals surface area (Å²) in [5, 5.41) is 8.16. The molecule has 0 atom stereocenters. The first kappa shape index (κ1) is 13.8. The van der Waals surface area contributed by atoms with Gasteiger partial charge in [0.05, 0.1) is 0 Å². The first-order valence-electron chi connectivity index (χ1n) is 6.62. The van der Waals surface area contributed by atoms with Gasteiger partial charge in [0.25, 0.3) is 11.8 Å². The van der Waals surface area contributed by atoms with E-state index in [-0.39, 0.29) is 0 Å². The lowest BCUT2D eigenvalue weighted by atomic mass is 10.3. The van der Waals surface area contributed by atoms with Crippen molar-refractivity contribution in [3.8, 4) is 23.2 Å². The molecule has 21 heavy (non-hydrogen) atoms. The Bertz CT molecular complexity index is 739. The number of rotatable bonds is 4. The molecule has 106 valence electrons. The van der Waals surface area contributed by atoms with Gasteiger partial charge in [0.1, 0.15) is 11.4 Å². The average molecular weight is 298 g/mol. The Morgan fingerprint density at radius 1 is 1.10 bits per heavy atom. The van der Waals surface area contributed by atoms with Crippen molar-refractivity contribution in [2.45, 2.75) is 18.7 Å². The third-order valence-corrected chi connectivity index (χ3v) is 3.76. The zero-order chi connectivity index (χ0) is 14.7. The minimum Gasteiger partial charge on any atom is -0.413 e. The van der Waals surface area contributed by atoms with Crippen LogP contribution >= 0.6 is 11.8 Å². The molecular formula is C15H14N4OS.